The Bertz CT molecular complexity index is 4980. The van der Waals surface area contributed by atoms with E-state index in [2.05, 4.69) is 91.1 Å². The summed E-state index contributed by atoms with van der Waals surface area (Å²) in [6.45, 7) is 6.71. The van der Waals surface area contributed by atoms with Gasteiger partial charge in [0.2, 0.25) is 35.4 Å². The number of aromatic hydroxyl groups is 2. The third kappa shape index (κ3) is 40.3. The number of carboxylic acid groups (broad SMARTS) is 2. The largest absolute Gasteiger partial charge is 0.508 e. The molecule has 4 aliphatic rings. The van der Waals surface area contributed by atoms with Crippen LogP contribution in [0.25, 0.3) is 0 Å². The highest BCUT2D eigenvalue weighted by atomic mass is 32.2. The summed E-state index contributed by atoms with van der Waals surface area (Å²) in [5.74, 6) is 7.99. The minimum absolute atomic E-state index is 0.00483. The van der Waals surface area contributed by atoms with Gasteiger partial charge in [0.15, 0.2) is 17.6 Å². The van der Waals surface area contributed by atoms with Crippen LogP contribution >= 0.6 is 23.5 Å². The molecule has 0 bridgehead atoms. The molecule has 1 aromatic heterocycles. The summed E-state index contributed by atoms with van der Waals surface area (Å²) in [6, 6.07) is 27.8. The number of phenols is 2. The van der Waals surface area contributed by atoms with Crippen molar-refractivity contribution in [2.45, 2.75) is 176 Å². The number of hydrogen-bond acceptors (Lipinski definition) is 28. The number of nitrogens with zero attached hydrogens (tertiary/aromatic N) is 8. The van der Waals surface area contributed by atoms with Crippen molar-refractivity contribution in [2.24, 2.45) is 26.4 Å². The number of aryl methyl sites for hydroxylation is 4. The number of amides is 8. The minimum atomic E-state index is -1.17. The van der Waals surface area contributed by atoms with Crippen molar-refractivity contribution >= 4 is 105 Å². The first-order valence-corrected chi connectivity index (χ1v) is 47.6. The molecule has 4 unspecified atom stereocenters. The summed E-state index contributed by atoms with van der Waals surface area (Å²) in [4.78, 5) is 108. The zero-order chi connectivity index (χ0) is 95.1. The standard InChI is InChI=1S/C55H68N10O11S.C40H54N6O10S/c56-23-6-8-39-15-18-42(19-16-39)59-52(69)13-3-4-26-65-37-43(61-64-65)10-5-14-51(68)57-24-7-9-40-17-21-46(45(34-40)55(71)72)62-63-47-22-20-44(66)36-48(47)76-33-32-75-31-30-74-29-28-73-27-25-58-50(67)12-2-1-11-49-54-41(38-77-49)35-53(70)60-54;1-2-3-4-10-36(48)41-16-7-8-28-12-14-31(30(25-28)39(50)51)45-46-32-15-13-29(47)26-34(32)56-24-23-55-22-21-54-20-19-53-18-17-42-37(49)11-6-5-9-35-38-33(27-57-35)43-40(52)44-38/h15-22,34,36-37,41,49,54,66H,1-5,7,9-14,24-33,35,38H2,(H,57,68)(H,58,67)(H,59,69)(H,60,70)(H,71,72);1,12-15,25-26,33,35,38,47H,3-11,16-24,27H2,(H,41,48)(H,42,49)(H,50,51)(H2,43,44,52)/t41?,49-,54?;33?,35-,38?/m00/s1. The molecule has 5 heterocycles. The van der Waals surface area contributed by atoms with Crippen molar-refractivity contribution in [2.75, 3.05) is 135 Å². The van der Waals surface area contributed by atoms with Gasteiger partial charge in [-0.2, -0.15) is 28.8 Å². The lowest BCUT2D eigenvalue weighted by molar-refractivity contribution is -0.122. The second kappa shape index (κ2) is 60.8. The number of anilines is 1. The first-order chi connectivity index (χ1) is 65.2. The Kier molecular flexibility index (Phi) is 47.8. The second-order valence-electron chi connectivity index (χ2n) is 31.9. The fourth-order valence-corrected chi connectivity index (χ4v) is 17.9. The monoisotopic (exact) mass is 1890 g/mol. The Hall–Kier alpha value is -12.3. The van der Waals surface area contributed by atoms with Gasteiger partial charge in [-0.1, -0.05) is 36.1 Å². The van der Waals surface area contributed by atoms with Gasteiger partial charge in [0.1, 0.15) is 47.5 Å². The highest BCUT2D eigenvalue weighted by Gasteiger charge is 2.44. The summed E-state index contributed by atoms with van der Waals surface area (Å²) < 4.78 is 46.7. The number of fused-ring (bicyclic) bond motifs is 2. The number of rotatable bonds is 63. The van der Waals surface area contributed by atoms with Gasteiger partial charge in [0.05, 0.1) is 108 Å². The zero-order valence-electron chi connectivity index (χ0n) is 75.4. The highest BCUT2D eigenvalue weighted by molar-refractivity contribution is 8.00. The maximum atomic E-state index is 12.6. The number of aromatic carboxylic acids is 2. The number of carbonyl (C=O) groups excluding carboxylic acids is 7. The average molecular weight is 1890 g/mol. The molecule has 4 saturated heterocycles. The molecule has 37 nitrogen and oxygen atoms in total. The molecule has 5 aromatic carbocycles. The van der Waals surface area contributed by atoms with E-state index in [1.165, 1.54) is 36.4 Å². The van der Waals surface area contributed by atoms with Crippen LogP contribution in [0.3, 0.4) is 0 Å². The zero-order valence-corrected chi connectivity index (χ0v) is 77.0. The van der Waals surface area contributed by atoms with Gasteiger partial charge in [0, 0.05) is 135 Å². The van der Waals surface area contributed by atoms with E-state index in [1.807, 2.05) is 29.7 Å². The van der Waals surface area contributed by atoms with E-state index in [4.69, 9.17) is 49.6 Å². The molecule has 8 amide bonds. The van der Waals surface area contributed by atoms with Crippen molar-refractivity contribution in [3.63, 3.8) is 0 Å². The van der Waals surface area contributed by atoms with Crippen LogP contribution in [0, 0.1) is 41.4 Å². The van der Waals surface area contributed by atoms with Crippen molar-refractivity contribution in [1.82, 2.24) is 52.2 Å². The topological polar surface area (TPSA) is 509 Å². The van der Waals surface area contributed by atoms with E-state index < -0.39 is 11.9 Å². The van der Waals surface area contributed by atoms with Gasteiger partial charge >= 0.3 is 18.0 Å². The number of thioether (sulfide) groups is 2. The van der Waals surface area contributed by atoms with Crippen molar-refractivity contribution in [1.29, 1.82) is 5.26 Å². The van der Waals surface area contributed by atoms with Gasteiger partial charge < -0.3 is 101 Å². The molecule has 6 aromatic rings. The van der Waals surface area contributed by atoms with Gasteiger partial charge in [-0.3, -0.25) is 33.4 Å². The van der Waals surface area contributed by atoms with Crippen LogP contribution in [0.2, 0.25) is 0 Å². The van der Waals surface area contributed by atoms with Crippen LogP contribution in [0.5, 0.6) is 23.0 Å². The third-order valence-electron chi connectivity index (χ3n) is 21.6. The van der Waals surface area contributed by atoms with E-state index in [0.29, 0.717) is 235 Å². The highest BCUT2D eigenvalue weighted by Crippen LogP contribution is 2.41. The summed E-state index contributed by atoms with van der Waals surface area (Å²) in [6.07, 6.45) is 21.3. The number of benzene rings is 5. The van der Waals surface area contributed by atoms with E-state index in [1.54, 1.807) is 71.4 Å². The Labute approximate surface area is 788 Å². The van der Waals surface area contributed by atoms with E-state index in [0.717, 1.165) is 73.3 Å². The SMILES string of the molecule is C#CCCCC(=O)NCCCc1ccc(N=Nc2ccc(O)cc2OCCOCCOCCOCCNC(=O)CCCC[C@@H]2SCC3NC(=O)NC32)c(C(=O)O)c1.N#CC#Cc1ccc(NC(=O)CCCCn2cc(CCCC(=O)NCCCc3ccc(N=Nc4ccc(O)cc4OCCOCCOCCOCCNC(=O)CCCC[C@@H]4SCC5CC(=O)NC54)c(C(=O)O)c3)nn2)cc1. The van der Waals surface area contributed by atoms with Gasteiger partial charge in [0.25, 0.3) is 0 Å². The van der Waals surface area contributed by atoms with E-state index >= 15 is 0 Å². The molecule has 6 atom stereocenters. The molecular formula is C95H122N16O21S2. The number of carboxylic acids is 2. The molecule has 0 aliphatic carbocycles. The first kappa shape index (κ1) is 105. The lowest BCUT2D eigenvalue weighted by atomic mass is 9.97. The molecule has 0 saturated carbocycles. The summed E-state index contributed by atoms with van der Waals surface area (Å²) in [7, 11) is 0. The predicted molar refractivity (Wildman–Crippen MR) is 502 cm³/mol. The normalized spacial score (nSPS) is 16.2. The number of carbonyl (C=O) groups is 9. The van der Waals surface area contributed by atoms with Gasteiger partial charge in [-0.15, -0.1) is 37.9 Å². The maximum absolute atomic E-state index is 12.6. The van der Waals surface area contributed by atoms with Crippen molar-refractivity contribution in [3.05, 3.63) is 137 Å². The molecule has 4 aliphatic heterocycles. The number of urea groups is 1. The number of ether oxygens (including phenoxy) is 8. The Morgan fingerprint density at radius 3 is 1.50 bits per heavy atom. The summed E-state index contributed by atoms with van der Waals surface area (Å²) in [5.41, 5.74) is 4.49. The van der Waals surface area contributed by atoms with Crippen molar-refractivity contribution < 1.29 is 101 Å². The number of aromatic nitrogens is 3. The Balaban J connectivity index is 0.000000315. The number of terminal acetylenes is 1. The Morgan fingerprint density at radius 2 is 0.970 bits per heavy atom. The number of phenolic OH excluding ortho intramolecular Hbond substituents is 2. The van der Waals surface area contributed by atoms with Crippen LogP contribution < -0.4 is 52.0 Å². The molecule has 720 valence electrons. The van der Waals surface area contributed by atoms with E-state index in [-0.39, 0.29) is 131 Å². The molecule has 10 rings (SSSR count). The van der Waals surface area contributed by atoms with E-state index in [9.17, 15) is 63.6 Å². The van der Waals surface area contributed by atoms with Gasteiger partial charge in [-0.05, 0) is 179 Å². The van der Waals surface area contributed by atoms with Crippen LogP contribution in [0.4, 0.5) is 33.2 Å². The quantitative estimate of drug-likeness (QED) is 0.00730. The lowest BCUT2D eigenvalue weighted by Gasteiger charge is -2.17. The fourth-order valence-electron chi connectivity index (χ4n) is 14.7. The summed E-state index contributed by atoms with van der Waals surface area (Å²) in [5, 5.41) is 97.9. The average Bonchev–Trinajstić information content (AvgIpc) is 1.63. The molecule has 4 fully saturated rings. The number of nitriles is 1. The molecule has 134 heavy (non-hydrogen) atoms. The van der Waals surface area contributed by atoms with Gasteiger partial charge in [-0.25, -0.2) is 14.4 Å². The number of azo groups is 2. The number of hydrogen-bond donors (Lipinski definition) is 12. The molecule has 39 heteroatoms. The molecular weight excluding hydrogens is 1770 g/mol. The van der Waals surface area contributed by atoms with Crippen molar-refractivity contribution in [3.8, 4) is 53.3 Å². The smallest absolute Gasteiger partial charge is 0.337 e. The first-order valence-electron chi connectivity index (χ1n) is 45.5. The molecule has 12 N–H and O–H groups in total. The molecule has 0 radical (unpaired) electrons. The fraction of sp³-hybridized carbons (Fsp3) is 0.516. The number of unbranched alkanes of at least 4 members (excludes halogenated alkanes) is 4. The summed E-state index contributed by atoms with van der Waals surface area (Å²) >= 11 is 3.82. The third-order valence-corrected chi connectivity index (χ3v) is 24.7. The number of nitrogens with one attached hydrogen (secondary N) is 8. The van der Waals surface area contributed by atoms with Crippen LogP contribution in [-0.2, 0) is 83.0 Å². The minimum Gasteiger partial charge on any atom is -0.508 e. The Morgan fingerprint density at radius 1 is 0.500 bits per heavy atom. The molecule has 0 spiro atoms. The van der Waals surface area contributed by atoms with Crippen LogP contribution in [0.1, 0.15) is 165 Å². The maximum Gasteiger partial charge on any atom is 0.337 e. The lowest BCUT2D eigenvalue weighted by Crippen LogP contribution is -2.36. The van der Waals surface area contributed by atoms with Crippen LogP contribution in [0.15, 0.2) is 124 Å². The second-order valence-corrected chi connectivity index (χ2v) is 34.4. The predicted octanol–water partition coefficient (Wildman–Crippen LogP) is 11.2. The van der Waals surface area contributed by atoms with Crippen LogP contribution in [-0.4, -0.2) is 248 Å².